The van der Waals surface area contributed by atoms with Crippen molar-refractivity contribution in [1.82, 2.24) is 4.90 Å². The molecule has 30 heavy (non-hydrogen) atoms. The third kappa shape index (κ3) is 5.08. The summed E-state index contributed by atoms with van der Waals surface area (Å²) >= 11 is 0. The van der Waals surface area contributed by atoms with E-state index in [1.807, 2.05) is 11.9 Å². The van der Waals surface area contributed by atoms with Crippen molar-refractivity contribution in [3.63, 3.8) is 0 Å². The predicted octanol–water partition coefficient (Wildman–Crippen LogP) is 2.99. The van der Waals surface area contributed by atoms with E-state index in [1.54, 1.807) is 0 Å². The summed E-state index contributed by atoms with van der Waals surface area (Å²) in [5.41, 5.74) is 0.310. The number of anilines is 2. The van der Waals surface area contributed by atoms with Gasteiger partial charge >= 0.3 is 6.61 Å². The first kappa shape index (κ1) is 22.0. The van der Waals surface area contributed by atoms with Gasteiger partial charge in [0.15, 0.2) is 5.75 Å². The fourth-order valence-electron chi connectivity index (χ4n) is 3.11. The average molecular weight is 445 g/mol. The van der Waals surface area contributed by atoms with Gasteiger partial charge < -0.3 is 19.3 Å². The highest BCUT2D eigenvalue weighted by Crippen LogP contribution is 2.34. The van der Waals surface area contributed by atoms with Crippen molar-refractivity contribution in [2.24, 2.45) is 0 Å². The maximum absolute atomic E-state index is 13.4. The van der Waals surface area contributed by atoms with Crippen molar-refractivity contribution in [2.75, 3.05) is 50.0 Å². The zero-order valence-electron chi connectivity index (χ0n) is 16.4. The molecule has 1 N–H and O–H groups in total. The summed E-state index contributed by atoms with van der Waals surface area (Å²) in [6, 6.07) is 6.99. The molecule has 164 valence electrons. The number of benzene rings is 2. The average Bonchev–Trinajstić information content (AvgIpc) is 2.69. The van der Waals surface area contributed by atoms with Gasteiger partial charge in [-0.3, -0.25) is 4.72 Å². The van der Waals surface area contributed by atoms with Gasteiger partial charge in [-0.15, -0.1) is 0 Å². The van der Waals surface area contributed by atoms with Crippen molar-refractivity contribution in [3.05, 3.63) is 42.2 Å². The minimum atomic E-state index is -4.17. The summed E-state index contributed by atoms with van der Waals surface area (Å²) in [6.07, 6.45) is 0. The number of sulfonamides is 1. The number of alkyl halides is 2. The number of halogens is 3. The van der Waals surface area contributed by atoms with Gasteiger partial charge in [-0.05, 0) is 37.4 Å². The summed E-state index contributed by atoms with van der Waals surface area (Å²) in [6.45, 7) is -0.243. The van der Waals surface area contributed by atoms with Crippen LogP contribution in [0, 0.1) is 5.82 Å². The molecule has 0 bridgehead atoms. The number of rotatable bonds is 7. The molecule has 1 aliphatic rings. The first-order valence-electron chi connectivity index (χ1n) is 9.08. The zero-order chi connectivity index (χ0) is 21.9. The number of likely N-dealkylation sites (N-methyl/N-ethyl adjacent to an activating group) is 1. The minimum absolute atomic E-state index is 0.0930. The summed E-state index contributed by atoms with van der Waals surface area (Å²) in [5.74, 6) is -0.932. The summed E-state index contributed by atoms with van der Waals surface area (Å²) in [5, 5.41) is 0. The van der Waals surface area contributed by atoms with Crippen LogP contribution in [0.5, 0.6) is 11.5 Å². The van der Waals surface area contributed by atoms with Gasteiger partial charge in [-0.25, -0.2) is 12.8 Å². The maximum atomic E-state index is 13.4. The molecular weight excluding hydrogens is 423 g/mol. The van der Waals surface area contributed by atoms with Crippen LogP contribution < -0.4 is 19.1 Å². The maximum Gasteiger partial charge on any atom is 0.387 e. The van der Waals surface area contributed by atoms with Crippen molar-refractivity contribution in [1.29, 1.82) is 0 Å². The Labute approximate surface area is 173 Å². The number of ether oxygens (including phenoxy) is 2. The van der Waals surface area contributed by atoms with Crippen LogP contribution in [0.3, 0.4) is 0 Å². The minimum Gasteiger partial charge on any atom is -0.495 e. The highest BCUT2D eigenvalue weighted by atomic mass is 32.2. The second kappa shape index (κ2) is 9.00. The molecule has 7 nitrogen and oxygen atoms in total. The Morgan fingerprint density at radius 3 is 2.37 bits per heavy atom. The normalized spacial score (nSPS) is 15.3. The predicted molar refractivity (Wildman–Crippen MR) is 107 cm³/mol. The van der Waals surface area contributed by atoms with Crippen LogP contribution in [-0.4, -0.2) is 60.3 Å². The fourth-order valence-corrected chi connectivity index (χ4v) is 4.20. The molecule has 0 amide bonds. The number of hydrogen-bond donors (Lipinski definition) is 1. The van der Waals surface area contributed by atoms with E-state index in [4.69, 9.17) is 4.74 Å². The second-order valence-electron chi connectivity index (χ2n) is 6.75. The Kier molecular flexibility index (Phi) is 6.61. The molecular formula is C19H22F3N3O4S. The Balaban J connectivity index is 1.92. The van der Waals surface area contributed by atoms with Crippen molar-refractivity contribution in [2.45, 2.75) is 11.5 Å². The molecule has 1 fully saturated rings. The van der Waals surface area contributed by atoms with Crippen LogP contribution in [0.15, 0.2) is 41.3 Å². The molecule has 0 radical (unpaired) electrons. The number of nitrogens with zero attached hydrogens (tertiary/aromatic N) is 2. The molecule has 11 heteroatoms. The molecule has 0 saturated carbocycles. The van der Waals surface area contributed by atoms with Crippen LogP contribution >= 0.6 is 0 Å². The molecule has 1 saturated heterocycles. The lowest BCUT2D eigenvalue weighted by Gasteiger charge is -2.34. The largest absolute Gasteiger partial charge is 0.495 e. The van der Waals surface area contributed by atoms with Crippen molar-refractivity contribution >= 4 is 21.4 Å². The van der Waals surface area contributed by atoms with Crippen molar-refractivity contribution < 1.29 is 31.1 Å². The highest BCUT2D eigenvalue weighted by Gasteiger charge is 2.23. The Hall–Kier alpha value is -2.66. The number of methoxy groups -OCH3 is 1. The fraction of sp³-hybridized carbons (Fsp3) is 0.368. The van der Waals surface area contributed by atoms with Gasteiger partial charge in [0, 0.05) is 32.2 Å². The third-order valence-electron chi connectivity index (χ3n) is 4.71. The van der Waals surface area contributed by atoms with E-state index >= 15 is 0 Å². The van der Waals surface area contributed by atoms with E-state index in [0.29, 0.717) is 30.6 Å². The van der Waals surface area contributed by atoms with Gasteiger partial charge in [0.25, 0.3) is 10.0 Å². The van der Waals surface area contributed by atoms with Gasteiger partial charge in [0.05, 0.1) is 23.4 Å². The monoisotopic (exact) mass is 445 g/mol. The molecule has 1 heterocycles. The quantitative estimate of drug-likeness (QED) is 0.707. The van der Waals surface area contributed by atoms with Gasteiger partial charge in [0.2, 0.25) is 0 Å². The molecule has 1 aliphatic heterocycles. The van der Waals surface area contributed by atoms with E-state index in [1.165, 1.54) is 25.3 Å². The highest BCUT2D eigenvalue weighted by molar-refractivity contribution is 7.92. The van der Waals surface area contributed by atoms with E-state index in [-0.39, 0.29) is 10.6 Å². The Bertz CT molecular complexity index is 997. The summed E-state index contributed by atoms with van der Waals surface area (Å²) in [4.78, 5) is 4.08. The number of piperazine rings is 1. The molecule has 2 aromatic rings. The van der Waals surface area contributed by atoms with Gasteiger partial charge in [0.1, 0.15) is 11.6 Å². The molecule has 0 aliphatic carbocycles. The topological polar surface area (TPSA) is 71.1 Å². The third-order valence-corrected chi connectivity index (χ3v) is 6.07. The van der Waals surface area contributed by atoms with Crippen LogP contribution in [0.1, 0.15) is 0 Å². The van der Waals surface area contributed by atoms with E-state index in [0.717, 1.165) is 25.2 Å². The zero-order valence-corrected chi connectivity index (χ0v) is 17.3. The van der Waals surface area contributed by atoms with Gasteiger partial charge in [-0.1, -0.05) is 0 Å². The van der Waals surface area contributed by atoms with Gasteiger partial charge in [-0.2, -0.15) is 8.78 Å². The second-order valence-corrected chi connectivity index (χ2v) is 8.43. The van der Waals surface area contributed by atoms with E-state index in [2.05, 4.69) is 14.4 Å². The Morgan fingerprint density at radius 2 is 1.73 bits per heavy atom. The van der Waals surface area contributed by atoms with Crippen molar-refractivity contribution in [3.8, 4) is 11.5 Å². The molecule has 2 aromatic carbocycles. The Morgan fingerprint density at radius 1 is 1.03 bits per heavy atom. The first-order chi connectivity index (χ1) is 14.2. The molecule has 0 unspecified atom stereocenters. The van der Waals surface area contributed by atoms with E-state index in [9.17, 15) is 21.6 Å². The smallest absolute Gasteiger partial charge is 0.387 e. The summed E-state index contributed by atoms with van der Waals surface area (Å²) in [7, 11) is -0.676. The van der Waals surface area contributed by atoms with Crippen LogP contribution in [0.4, 0.5) is 24.5 Å². The molecule has 0 aromatic heterocycles. The lowest BCUT2D eigenvalue weighted by atomic mass is 10.2. The van der Waals surface area contributed by atoms with Crippen LogP contribution in [0.2, 0.25) is 0 Å². The standard InChI is InChI=1S/C19H22F3N3O4S/c1-24-7-9-25(10-8-24)16-12-14(4-6-17(16)28-2)30(26,27)23-15-5-3-13(20)11-18(15)29-19(21)22/h3-6,11-12,19,23H,7-10H2,1-2H3. The molecule has 0 spiro atoms. The molecule has 3 rings (SSSR count). The lowest BCUT2D eigenvalue weighted by molar-refractivity contribution is -0.0494. The molecule has 0 atom stereocenters. The number of hydrogen-bond acceptors (Lipinski definition) is 6. The first-order valence-corrected chi connectivity index (χ1v) is 10.6. The lowest BCUT2D eigenvalue weighted by Crippen LogP contribution is -2.44. The van der Waals surface area contributed by atoms with Crippen LogP contribution in [0.25, 0.3) is 0 Å². The number of nitrogens with one attached hydrogen (secondary N) is 1. The SMILES string of the molecule is COc1ccc(S(=O)(=O)Nc2ccc(F)cc2OC(F)F)cc1N1CCN(C)CC1. The van der Waals surface area contributed by atoms with Crippen LogP contribution in [-0.2, 0) is 10.0 Å². The summed E-state index contributed by atoms with van der Waals surface area (Å²) < 4.78 is 76.2. The van der Waals surface area contributed by atoms with E-state index < -0.39 is 28.2 Å².